The highest BCUT2D eigenvalue weighted by Gasteiger charge is 2.25. The molecule has 0 aromatic carbocycles. The number of hydrogen-bond acceptors (Lipinski definition) is 3. The summed E-state index contributed by atoms with van der Waals surface area (Å²) in [6.45, 7) is 5.41. The first-order chi connectivity index (χ1) is 7.69. The van der Waals surface area contributed by atoms with Gasteiger partial charge >= 0.3 is 0 Å². The standard InChI is InChI=1S/C12H20N2O2/c1-3-4-10(7-13)12(15)14-8-11-5-6-16-9(11)2/h9-11H,3-6,8H2,1-2H3,(H,14,15). The van der Waals surface area contributed by atoms with Crippen molar-refractivity contribution in [3.05, 3.63) is 0 Å². The van der Waals surface area contributed by atoms with Crippen LogP contribution in [-0.2, 0) is 9.53 Å². The van der Waals surface area contributed by atoms with E-state index in [1.54, 1.807) is 0 Å². The Kier molecular flexibility index (Phi) is 5.27. The van der Waals surface area contributed by atoms with Gasteiger partial charge in [0.25, 0.3) is 0 Å². The number of carbonyl (C=O) groups excluding carboxylic acids is 1. The van der Waals surface area contributed by atoms with Gasteiger partial charge in [-0.1, -0.05) is 13.3 Å². The van der Waals surface area contributed by atoms with Gasteiger partial charge in [0.15, 0.2) is 0 Å². The second-order valence-electron chi connectivity index (χ2n) is 4.34. The van der Waals surface area contributed by atoms with Crippen LogP contribution in [0.1, 0.15) is 33.1 Å². The normalized spacial score (nSPS) is 26.1. The zero-order chi connectivity index (χ0) is 12.0. The van der Waals surface area contributed by atoms with Crippen LogP contribution in [0.4, 0.5) is 0 Å². The summed E-state index contributed by atoms with van der Waals surface area (Å²) in [5.41, 5.74) is 0. The Hall–Kier alpha value is -1.08. The summed E-state index contributed by atoms with van der Waals surface area (Å²) in [4.78, 5) is 11.7. The summed E-state index contributed by atoms with van der Waals surface area (Å²) in [5, 5.41) is 11.7. The number of amides is 1. The number of rotatable bonds is 5. The third-order valence-electron chi connectivity index (χ3n) is 3.12. The van der Waals surface area contributed by atoms with E-state index in [9.17, 15) is 4.79 Å². The molecule has 1 fully saturated rings. The molecule has 1 saturated heterocycles. The first-order valence-corrected chi connectivity index (χ1v) is 5.98. The van der Waals surface area contributed by atoms with Gasteiger partial charge < -0.3 is 10.1 Å². The molecule has 1 aliphatic heterocycles. The van der Waals surface area contributed by atoms with Crippen molar-refractivity contribution in [2.24, 2.45) is 11.8 Å². The van der Waals surface area contributed by atoms with Crippen molar-refractivity contribution >= 4 is 5.91 Å². The Labute approximate surface area is 97.0 Å². The summed E-state index contributed by atoms with van der Waals surface area (Å²) < 4.78 is 5.42. The molecule has 1 heterocycles. The number of ether oxygens (including phenoxy) is 1. The number of nitrogens with zero attached hydrogens (tertiary/aromatic N) is 1. The average Bonchev–Trinajstić information content (AvgIpc) is 2.68. The molecule has 1 aliphatic rings. The molecule has 90 valence electrons. The molecule has 1 amide bonds. The van der Waals surface area contributed by atoms with Crippen LogP contribution in [0.3, 0.4) is 0 Å². The van der Waals surface area contributed by atoms with Crippen LogP contribution in [0, 0.1) is 23.2 Å². The molecule has 0 saturated carbocycles. The largest absolute Gasteiger partial charge is 0.378 e. The van der Waals surface area contributed by atoms with Crippen LogP contribution in [0.25, 0.3) is 0 Å². The van der Waals surface area contributed by atoms with Gasteiger partial charge in [0, 0.05) is 19.1 Å². The smallest absolute Gasteiger partial charge is 0.237 e. The number of hydrogen-bond donors (Lipinski definition) is 1. The molecule has 3 unspecified atom stereocenters. The Morgan fingerprint density at radius 2 is 2.44 bits per heavy atom. The Balaban J connectivity index is 2.31. The molecule has 0 aromatic heterocycles. The quantitative estimate of drug-likeness (QED) is 0.769. The summed E-state index contributed by atoms with van der Waals surface area (Å²) >= 11 is 0. The highest BCUT2D eigenvalue weighted by atomic mass is 16.5. The average molecular weight is 224 g/mol. The lowest BCUT2D eigenvalue weighted by Gasteiger charge is -2.16. The van der Waals surface area contributed by atoms with Crippen LogP contribution in [0.15, 0.2) is 0 Å². The summed E-state index contributed by atoms with van der Waals surface area (Å²) in [6.07, 6.45) is 2.70. The van der Waals surface area contributed by atoms with Gasteiger partial charge in [0.2, 0.25) is 5.91 Å². The highest BCUT2D eigenvalue weighted by molar-refractivity contribution is 5.80. The van der Waals surface area contributed by atoms with Gasteiger partial charge in [-0.3, -0.25) is 4.79 Å². The van der Waals surface area contributed by atoms with E-state index in [4.69, 9.17) is 10.00 Å². The minimum atomic E-state index is -0.498. The fraction of sp³-hybridized carbons (Fsp3) is 0.833. The molecule has 0 aliphatic carbocycles. The van der Waals surface area contributed by atoms with Gasteiger partial charge in [-0.05, 0) is 19.8 Å². The third kappa shape index (κ3) is 3.49. The molecule has 4 heteroatoms. The number of carbonyl (C=O) groups is 1. The second kappa shape index (κ2) is 6.49. The maximum absolute atomic E-state index is 11.7. The SMILES string of the molecule is CCCC(C#N)C(=O)NCC1CCOC1C. The van der Waals surface area contributed by atoms with E-state index in [-0.39, 0.29) is 12.0 Å². The van der Waals surface area contributed by atoms with E-state index < -0.39 is 5.92 Å². The van der Waals surface area contributed by atoms with E-state index in [0.29, 0.717) is 18.9 Å². The predicted octanol–water partition coefficient (Wildman–Crippen LogP) is 1.47. The zero-order valence-corrected chi connectivity index (χ0v) is 10.0. The van der Waals surface area contributed by atoms with Crippen molar-refractivity contribution in [2.45, 2.75) is 39.2 Å². The van der Waals surface area contributed by atoms with Gasteiger partial charge in [0.1, 0.15) is 5.92 Å². The molecule has 0 bridgehead atoms. The molecule has 0 aromatic rings. The lowest BCUT2D eigenvalue weighted by Crippen LogP contribution is -2.35. The van der Waals surface area contributed by atoms with Crippen molar-refractivity contribution in [3.63, 3.8) is 0 Å². The summed E-state index contributed by atoms with van der Waals surface area (Å²) in [6, 6.07) is 2.05. The molecule has 4 nitrogen and oxygen atoms in total. The molecular formula is C12H20N2O2. The molecule has 3 atom stereocenters. The van der Waals surface area contributed by atoms with E-state index in [1.807, 2.05) is 19.9 Å². The van der Waals surface area contributed by atoms with Gasteiger partial charge in [0.05, 0.1) is 12.2 Å². The summed E-state index contributed by atoms with van der Waals surface area (Å²) in [7, 11) is 0. The third-order valence-corrected chi connectivity index (χ3v) is 3.12. The van der Waals surface area contributed by atoms with Crippen molar-refractivity contribution in [1.82, 2.24) is 5.32 Å². The number of nitriles is 1. The van der Waals surface area contributed by atoms with Crippen molar-refractivity contribution in [2.75, 3.05) is 13.2 Å². The van der Waals surface area contributed by atoms with Crippen LogP contribution < -0.4 is 5.32 Å². The zero-order valence-electron chi connectivity index (χ0n) is 10.0. The maximum atomic E-state index is 11.7. The molecule has 1 N–H and O–H groups in total. The molecular weight excluding hydrogens is 204 g/mol. The Morgan fingerprint density at radius 3 is 2.94 bits per heavy atom. The van der Waals surface area contributed by atoms with Crippen LogP contribution in [0.2, 0.25) is 0 Å². The van der Waals surface area contributed by atoms with Crippen LogP contribution in [0.5, 0.6) is 0 Å². The van der Waals surface area contributed by atoms with Crippen LogP contribution >= 0.6 is 0 Å². The predicted molar refractivity (Wildman–Crippen MR) is 60.5 cm³/mol. The van der Waals surface area contributed by atoms with Crippen LogP contribution in [-0.4, -0.2) is 25.2 Å². The first-order valence-electron chi connectivity index (χ1n) is 5.98. The minimum absolute atomic E-state index is 0.136. The fourth-order valence-corrected chi connectivity index (χ4v) is 1.94. The molecule has 0 spiro atoms. The topological polar surface area (TPSA) is 62.1 Å². The molecule has 1 rings (SSSR count). The lowest BCUT2D eigenvalue weighted by atomic mass is 10.0. The summed E-state index contributed by atoms with van der Waals surface area (Å²) in [5.74, 6) is -0.240. The van der Waals surface area contributed by atoms with Gasteiger partial charge in [-0.15, -0.1) is 0 Å². The Bertz CT molecular complexity index is 273. The van der Waals surface area contributed by atoms with E-state index in [0.717, 1.165) is 19.4 Å². The number of nitrogens with one attached hydrogen (secondary N) is 1. The molecule has 16 heavy (non-hydrogen) atoms. The fourth-order valence-electron chi connectivity index (χ4n) is 1.94. The van der Waals surface area contributed by atoms with Crippen molar-refractivity contribution < 1.29 is 9.53 Å². The monoisotopic (exact) mass is 224 g/mol. The first kappa shape index (κ1) is 13.0. The van der Waals surface area contributed by atoms with Crippen molar-refractivity contribution in [1.29, 1.82) is 5.26 Å². The lowest BCUT2D eigenvalue weighted by molar-refractivity contribution is -0.123. The van der Waals surface area contributed by atoms with Crippen molar-refractivity contribution in [3.8, 4) is 6.07 Å². The van der Waals surface area contributed by atoms with Gasteiger partial charge in [-0.25, -0.2) is 0 Å². The van der Waals surface area contributed by atoms with E-state index in [2.05, 4.69) is 5.32 Å². The Morgan fingerprint density at radius 1 is 1.69 bits per heavy atom. The van der Waals surface area contributed by atoms with E-state index >= 15 is 0 Å². The minimum Gasteiger partial charge on any atom is -0.378 e. The molecule has 0 radical (unpaired) electrons. The highest BCUT2D eigenvalue weighted by Crippen LogP contribution is 2.19. The maximum Gasteiger partial charge on any atom is 0.237 e. The van der Waals surface area contributed by atoms with E-state index in [1.165, 1.54) is 0 Å². The second-order valence-corrected chi connectivity index (χ2v) is 4.34. The van der Waals surface area contributed by atoms with Gasteiger partial charge in [-0.2, -0.15) is 5.26 Å².